The van der Waals surface area contributed by atoms with E-state index < -0.39 is 6.03 Å². The largest absolute Gasteiger partial charge is 0.493 e. The van der Waals surface area contributed by atoms with Crippen LogP contribution in [0.2, 0.25) is 0 Å². The fourth-order valence-electron chi connectivity index (χ4n) is 2.68. The van der Waals surface area contributed by atoms with E-state index in [1.54, 1.807) is 12.4 Å². The third-order valence-corrected chi connectivity index (χ3v) is 5.19. The number of rotatable bonds is 9. The molecule has 1 aromatic heterocycles. The average molecular weight is 399 g/mol. The fourth-order valence-corrected chi connectivity index (χ4v) is 3.39. The summed E-state index contributed by atoms with van der Waals surface area (Å²) >= 11 is 1.51. The number of hydrogen-bond donors (Lipinski definition) is 2. The van der Waals surface area contributed by atoms with Crippen molar-refractivity contribution in [1.29, 1.82) is 0 Å². The standard InChI is InChI=1S/C19H21N5O3S/c25-18-11-24(19(26)23-18)10-15-8-20-14(7-21-15)9-22-28-17-3-1-2-16(6-17)27-12-13-4-5-13/h1-3,6-8,13,22H,4-5,9-12H2,(H,23,25,26). The van der Waals surface area contributed by atoms with Crippen LogP contribution in [0.4, 0.5) is 4.79 Å². The normalized spacial score (nSPS) is 16.4. The number of carbonyl (C=O) groups excluding carboxylic acids is 2. The first-order valence-electron chi connectivity index (χ1n) is 9.17. The quantitative estimate of drug-likeness (QED) is 0.492. The maximum Gasteiger partial charge on any atom is 0.324 e. The molecular formula is C19H21N5O3S. The Morgan fingerprint density at radius 1 is 1.21 bits per heavy atom. The van der Waals surface area contributed by atoms with E-state index in [-0.39, 0.29) is 19.0 Å². The fraction of sp³-hybridized carbons (Fsp3) is 0.368. The van der Waals surface area contributed by atoms with E-state index in [1.807, 2.05) is 24.3 Å². The first-order chi connectivity index (χ1) is 13.7. The lowest BCUT2D eigenvalue weighted by atomic mass is 10.3. The lowest BCUT2D eigenvalue weighted by Gasteiger charge is -2.12. The number of benzene rings is 1. The number of urea groups is 1. The summed E-state index contributed by atoms with van der Waals surface area (Å²) in [6, 6.07) is 7.62. The Morgan fingerprint density at radius 2 is 2.04 bits per heavy atom. The van der Waals surface area contributed by atoms with Crippen molar-refractivity contribution < 1.29 is 14.3 Å². The van der Waals surface area contributed by atoms with E-state index in [9.17, 15) is 9.59 Å². The van der Waals surface area contributed by atoms with Crippen molar-refractivity contribution in [3.05, 3.63) is 48.0 Å². The molecule has 2 N–H and O–H groups in total. The number of ether oxygens (including phenoxy) is 1. The van der Waals surface area contributed by atoms with Crippen LogP contribution in [0.1, 0.15) is 24.2 Å². The Kier molecular flexibility index (Phi) is 5.73. The minimum Gasteiger partial charge on any atom is -0.493 e. The van der Waals surface area contributed by atoms with Crippen LogP contribution >= 0.6 is 11.9 Å². The molecule has 2 heterocycles. The highest BCUT2D eigenvalue weighted by molar-refractivity contribution is 7.97. The van der Waals surface area contributed by atoms with Crippen LogP contribution in [0.5, 0.6) is 5.75 Å². The van der Waals surface area contributed by atoms with E-state index in [4.69, 9.17) is 4.74 Å². The maximum absolute atomic E-state index is 11.6. The van der Waals surface area contributed by atoms with Crippen molar-refractivity contribution in [2.24, 2.45) is 5.92 Å². The van der Waals surface area contributed by atoms with Crippen LogP contribution in [0, 0.1) is 5.92 Å². The summed E-state index contributed by atoms with van der Waals surface area (Å²) in [5, 5.41) is 2.24. The van der Waals surface area contributed by atoms with Gasteiger partial charge in [-0.2, -0.15) is 0 Å². The molecule has 2 fully saturated rings. The van der Waals surface area contributed by atoms with Crippen LogP contribution in [-0.4, -0.2) is 40.0 Å². The molecular weight excluding hydrogens is 378 g/mol. The van der Waals surface area contributed by atoms with Gasteiger partial charge in [-0.15, -0.1) is 0 Å². The number of imide groups is 1. The van der Waals surface area contributed by atoms with Crippen LogP contribution in [0.3, 0.4) is 0 Å². The van der Waals surface area contributed by atoms with E-state index in [0.29, 0.717) is 12.2 Å². The van der Waals surface area contributed by atoms with Crippen LogP contribution in [0.25, 0.3) is 0 Å². The number of hydrogen-bond acceptors (Lipinski definition) is 7. The van der Waals surface area contributed by atoms with Crippen molar-refractivity contribution in [2.75, 3.05) is 13.2 Å². The Labute approximate surface area is 167 Å². The van der Waals surface area contributed by atoms with Gasteiger partial charge in [-0.3, -0.25) is 24.8 Å². The summed E-state index contributed by atoms with van der Waals surface area (Å²) < 4.78 is 9.07. The van der Waals surface area contributed by atoms with Gasteiger partial charge in [-0.05, 0) is 48.9 Å². The minimum atomic E-state index is -0.391. The van der Waals surface area contributed by atoms with Crippen molar-refractivity contribution in [2.45, 2.75) is 30.8 Å². The van der Waals surface area contributed by atoms with Gasteiger partial charge in [0.15, 0.2) is 0 Å². The Balaban J connectivity index is 1.23. The second kappa shape index (κ2) is 8.57. The second-order valence-electron chi connectivity index (χ2n) is 6.86. The SMILES string of the molecule is O=C1CN(Cc2cnc(CNSc3cccc(OCC4CC4)c3)cn2)C(=O)N1. The third-order valence-electron chi connectivity index (χ3n) is 4.41. The van der Waals surface area contributed by atoms with Gasteiger partial charge >= 0.3 is 6.03 Å². The van der Waals surface area contributed by atoms with E-state index in [0.717, 1.165) is 28.9 Å². The van der Waals surface area contributed by atoms with Gasteiger partial charge in [0, 0.05) is 4.90 Å². The van der Waals surface area contributed by atoms with Crippen LogP contribution in [0.15, 0.2) is 41.6 Å². The molecule has 1 aromatic carbocycles. The molecule has 0 spiro atoms. The molecule has 0 atom stereocenters. The molecule has 9 heteroatoms. The smallest absolute Gasteiger partial charge is 0.324 e. The third kappa shape index (κ3) is 5.20. The summed E-state index contributed by atoms with van der Waals surface area (Å²) in [6.45, 7) is 1.68. The van der Waals surface area contributed by atoms with Crippen LogP contribution < -0.4 is 14.8 Å². The van der Waals surface area contributed by atoms with Gasteiger partial charge in [0.2, 0.25) is 5.91 Å². The Bertz CT molecular complexity index is 857. The number of nitrogens with one attached hydrogen (secondary N) is 2. The summed E-state index contributed by atoms with van der Waals surface area (Å²) in [4.78, 5) is 33.9. The molecule has 2 aromatic rings. The zero-order valence-corrected chi connectivity index (χ0v) is 16.1. The summed E-state index contributed by atoms with van der Waals surface area (Å²) in [5.74, 6) is 1.33. The molecule has 0 unspecified atom stereocenters. The number of aromatic nitrogens is 2. The van der Waals surface area contributed by atoms with E-state index in [2.05, 4.69) is 20.0 Å². The molecule has 1 aliphatic carbocycles. The predicted molar refractivity (Wildman–Crippen MR) is 103 cm³/mol. The molecule has 146 valence electrons. The topological polar surface area (TPSA) is 96.5 Å². The molecule has 28 heavy (non-hydrogen) atoms. The van der Waals surface area contributed by atoms with Crippen molar-refractivity contribution in [3.63, 3.8) is 0 Å². The maximum atomic E-state index is 11.6. The molecule has 0 bridgehead atoms. The van der Waals surface area contributed by atoms with E-state index in [1.165, 1.54) is 29.7 Å². The molecule has 1 saturated heterocycles. The Hall–Kier alpha value is -2.65. The summed E-state index contributed by atoms with van der Waals surface area (Å²) in [6.07, 6.45) is 5.86. The summed E-state index contributed by atoms with van der Waals surface area (Å²) in [5.41, 5.74) is 1.43. The molecule has 0 radical (unpaired) electrons. The number of carbonyl (C=O) groups is 2. The zero-order valence-electron chi connectivity index (χ0n) is 15.3. The molecule has 1 aliphatic heterocycles. The average Bonchev–Trinajstić information content (AvgIpc) is 3.46. The highest BCUT2D eigenvalue weighted by Crippen LogP contribution is 2.30. The van der Waals surface area contributed by atoms with Crippen molar-refractivity contribution in [3.8, 4) is 5.75 Å². The van der Waals surface area contributed by atoms with Crippen molar-refractivity contribution >= 4 is 23.9 Å². The molecule has 3 amide bonds. The van der Waals surface area contributed by atoms with Gasteiger partial charge in [-0.25, -0.2) is 4.79 Å². The van der Waals surface area contributed by atoms with Crippen LogP contribution in [-0.2, 0) is 17.9 Å². The van der Waals surface area contributed by atoms with Gasteiger partial charge < -0.3 is 9.64 Å². The first-order valence-corrected chi connectivity index (χ1v) is 9.98. The Morgan fingerprint density at radius 3 is 2.75 bits per heavy atom. The van der Waals surface area contributed by atoms with Gasteiger partial charge in [0.05, 0.1) is 43.5 Å². The predicted octanol–water partition coefficient (Wildman–Crippen LogP) is 2.11. The summed E-state index contributed by atoms with van der Waals surface area (Å²) in [7, 11) is 0. The molecule has 2 aliphatic rings. The minimum absolute atomic E-state index is 0.0594. The highest BCUT2D eigenvalue weighted by atomic mass is 32.2. The number of amides is 3. The molecule has 1 saturated carbocycles. The van der Waals surface area contributed by atoms with Crippen molar-refractivity contribution in [1.82, 2.24) is 24.9 Å². The number of nitrogens with zero attached hydrogens (tertiary/aromatic N) is 3. The first kappa shape index (κ1) is 18.7. The highest BCUT2D eigenvalue weighted by Gasteiger charge is 2.26. The lowest BCUT2D eigenvalue weighted by Crippen LogP contribution is -2.28. The zero-order chi connectivity index (χ0) is 19.3. The monoisotopic (exact) mass is 399 g/mol. The van der Waals surface area contributed by atoms with Gasteiger partial charge in [-0.1, -0.05) is 6.07 Å². The second-order valence-corrected chi connectivity index (χ2v) is 7.83. The molecule has 4 rings (SSSR count). The van der Waals surface area contributed by atoms with Gasteiger partial charge in [0.1, 0.15) is 12.3 Å². The van der Waals surface area contributed by atoms with Gasteiger partial charge in [0.25, 0.3) is 0 Å². The lowest BCUT2D eigenvalue weighted by molar-refractivity contribution is -0.118. The van der Waals surface area contributed by atoms with E-state index >= 15 is 0 Å². The molecule has 8 nitrogen and oxygen atoms in total.